The molecule has 5 heteroatoms. The molecule has 100 valence electrons. The first kappa shape index (κ1) is 14.3. The second kappa shape index (κ2) is 7.55. The van der Waals surface area contributed by atoms with E-state index in [4.69, 9.17) is 16.2 Å². The normalized spacial score (nSPS) is 10.1. The molecule has 0 heterocycles. The third-order valence-electron chi connectivity index (χ3n) is 2.69. The Balaban J connectivity index is 2.82. The maximum Gasteiger partial charge on any atom is 0.219 e. The second-order valence-electron chi connectivity index (χ2n) is 4.02. The third-order valence-corrected chi connectivity index (χ3v) is 2.69. The Morgan fingerprint density at radius 1 is 1.33 bits per heavy atom. The number of hydrogen-bond donors (Lipinski definition) is 2. The summed E-state index contributed by atoms with van der Waals surface area (Å²) in [6, 6.07) is 7.72. The number of ether oxygens (including phenoxy) is 1. The molecule has 1 amide bonds. The standard InChI is InChI=1S/C13H21N3O2/c1-18-12-6-3-2-5-11(12)16(9-4-8-14)10-7-13(15)17/h2-3,5-6H,4,7-10,14H2,1H3,(H2,15,17). The van der Waals surface area contributed by atoms with Gasteiger partial charge in [-0.3, -0.25) is 4.79 Å². The van der Waals surface area contributed by atoms with Crippen LogP contribution in [-0.2, 0) is 4.79 Å². The van der Waals surface area contributed by atoms with Gasteiger partial charge in [-0.2, -0.15) is 0 Å². The highest BCUT2D eigenvalue weighted by Gasteiger charge is 2.11. The highest BCUT2D eigenvalue weighted by molar-refractivity contribution is 5.74. The van der Waals surface area contributed by atoms with Gasteiger partial charge in [0, 0.05) is 19.5 Å². The van der Waals surface area contributed by atoms with Crippen LogP contribution in [0.2, 0.25) is 0 Å². The van der Waals surface area contributed by atoms with Gasteiger partial charge in [0.1, 0.15) is 5.75 Å². The predicted molar refractivity (Wildman–Crippen MR) is 72.7 cm³/mol. The monoisotopic (exact) mass is 251 g/mol. The number of carbonyl (C=O) groups excluding carboxylic acids is 1. The first-order valence-electron chi connectivity index (χ1n) is 6.05. The van der Waals surface area contributed by atoms with E-state index < -0.39 is 0 Å². The Bertz CT molecular complexity index is 382. The van der Waals surface area contributed by atoms with Gasteiger partial charge in [0.2, 0.25) is 5.91 Å². The van der Waals surface area contributed by atoms with Gasteiger partial charge in [-0.25, -0.2) is 0 Å². The molecule has 0 aliphatic carbocycles. The molecular weight excluding hydrogens is 230 g/mol. The molecule has 5 nitrogen and oxygen atoms in total. The molecule has 1 rings (SSSR count). The maximum atomic E-state index is 10.9. The third kappa shape index (κ3) is 4.25. The fourth-order valence-electron chi connectivity index (χ4n) is 1.77. The lowest BCUT2D eigenvalue weighted by molar-refractivity contribution is -0.117. The quantitative estimate of drug-likeness (QED) is 0.713. The average molecular weight is 251 g/mol. The lowest BCUT2D eigenvalue weighted by atomic mass is 10.2. The zero-order valence-electron chi connectivity index (χ0n) is 10.8. The van der Waals surface area contributed by atoms with E-state index in [9.17, 15) is 4.79 Å². The number of benzene rings is 1. The molecule has 18 heavy (non-hydrogen) atoms. The maximum absolute atomic E-state index is 10.9. The lowest BCUT2D eigenvalue weighted by Crippen LogP contribution is -2.30. The average Bonchev–Trinajstić information content (AvgIpc) is 2.38. The van der Waals surface area contributed by atoms with Crippen LogP contribution in [0.15, 0.2) is 24.3 Å². The van der Waals surface area contributed by atoms with Crippen LogP contribution in [0.4, 0.5) is 5.69 Å². The molecule has 0 saturated carbocycles. The summed E-state index contributed by atoms with van der Waals surface area (Å²) in [5.41, 5.74) is 11.7. The first-order chi connectivity index (χ1) is 8.69. The van der Waals surface area contributed by atoms with Crippen molar-refractivity contribution in [3.8, 4) is 5.75 Å². The fourth-order valence-corrected chi connectivity index (χ4v) is 1.77. The highest BCUT2D eigenvalue weighted by atomic mass is 16.5. The van der Waals surface area contributed by atoms with E-state index in [0.717, 1.165) is 24.4 Å². The van der Waals surface area contributed by atoms with Gasteiger partial charge in [-0.1, -0.05) is 12.1 Å². The number of hydrogen-bond acceptors (Lipinski definition) is 4. The van der Waals surface area contributed by atoms with E-state index in [1.807, 2.05) is 24.3 Å². The van der Waals surface area contributed by atoms with Crippen LogP contribution < -0.4 is 21.1 Å². The van der Waals surface area contributed by atoms with Crippen molar-refractivity contribution in [2.24, 2.45) is 11.5 Å². The minimum Gasteiger partial charge on any atom is -0.495 e. The van der Waals surface area contributed by atoms with Crippen molar-refractivity contribution in [1.29, 1.82) is 0 Å². The van der Waals surface area contributed by atoms with E-state index in [1.165, 1.54) is 0 Å². The summed E-state index contributed by atoms with van der Waals surface area (Å²) in [5, 5.41) is 0. The molecule has 0 radical (unpaired) electrons. The molecule has 1 aromatic carbocycles. The minimum atomic E-state index is -0.303. The van der Waals surface area contributed by atoms with Crippen molar-refractivity contribution in [3.05, 3.63) is 24.3 Å². The number of nitrogens with zero attached hydrogens (tertiary/aromatic N) is 1. The number of para-hydroxylation sites is 2. The smallest absolute Gasteiger partial charge is 0.219 e. The Hall–Kier alpha value is -1.75. The van der Waals surface area contributed by atoms with Crippen molar-refractivity contribution in [2.75, 3.05) is 31.6 Å². The number of amides is 1. The van der Waals surface area contributed by atoms with Gasteiger partial charge in [0.05, 0.1) is 12.8 Å². The summed E-state index contributed by atoms with van der Waals surface area (Å²) in [6.45, 7) is 1.97. The Kier molecular flexibility index (Phi) is 6.00. The molecule has 0 spiro atoms. The number of anilines is 1. The SMILES string of the molecule is COc1ccccc1N(CCCN)CCC(N)=O. The molecule has 0 saturated heterocycles. The molecule has 0 bridgehead atoms. The van der Waals surface area contributed by atoms with Crippen LogP contribution in [0.25, 0.3) is 0 Å². The van der Waals surface area contributed by atoms with Gasteiger partial charge in [-0.15, -0.1) is 0 Å². The summed E-state index contributed by atoms with van der Waals surface area (Å²) in [6.07, 6.45) is 1.18. The first-order valence-corrected chi connectivity index (χ1v) is 6.05. The van der Waals surface area contributed by atoms with Crippen LogP contribution in [0.5, 0.6) is 5.75 Å². The Morgan fingerprint density at radius 2 is 2.06 bits per heavy atom. The molecule has 1 aromatic rings. The largest absolute Gasteiger partial charge is 0.495 e. The van der Waals surface area contributed by atoms with Crippen molar-refractivity contribution in [2.45, 2.75) is 12.8 Å². The summed E-state index contributed by atoms with van der Waals surface area (Å²) in [4.78, 5) is 13.0. The number of carbonyl (C=O) groups is 1. The predicted octanol–water partition coefficient (Wildman–Crippen LogP) is 0.726. The molecule has 0 aliphatic heterocycles. The van der Waals surface area contributed by atoms with E-state index in [0.29, 0.717) is 19.5 Å². The zero-order chi connectivity index (χ0) is 13.4. The Labute approximate surface area is 108 Å². The number of methoxy groups -OCH3 is 1. The van der Waals surface area contributed by atoms with Crippen LogP contribution in [-0.4, -0.2) is 32.7 Å². The lowest BCUT2D eigenvalue weighted by Gasteiger charge is -2.25. The van der Waals surface area contributed by atoms with Crippen LogP contribution in [0, 0.1) is 0 Å². The van der Waals surface area contributed by atoms with Crippen molar-refractivity contribution in [3.63, 3.8) is 0 Å². The molecule has 4 N–H and O–H groups in total. The van der Waals surface area contributed by atoms with Gasteiger partial charge in [0.25, 0.3) is 0 Å². The molecular formula is C13H21N3O2. The number of rotatable bonds is 8. The molecule has 0 fully saturated rings. The molecule has 0 aliphatic rings. The summed E-state index contributed by atoms with van der Waals surface area (Å²) in [5.74, 6) is 0.488. The molecule has 0 atom stereocenters. The summed E-state index contributed by atoms with van der Waals surface area (Å²) < 4.78 is 5.32. The van der Waals surface area contributed by atoms with Crippen molar-refractivity contribution < 1.29 is 9.53 Å². The zero-order valence-corrected chi connectivity index (χ0v) is 10.8. The van der Waals surface area contributed by atoms with Crippen molar-refractivity contribution in [1.82, 2.24) is 0 Å². The van der Waals surface area contributed by atoms with Crippen LogP contribution in [0.3, 0.4) is 0 Å². The van der Waals surface area contributed by atoms with Gasteiger partial charge >= 0.3 is 0 Å². The van der Waals surface area contributed by atoms with E-state index in [-0.39, 0.29) is 5.91 Å². The number of primary amides is 1. The van der Waals surface area contributed by atoms with Crippen molar-refractivity contribution >= 4 is 11.6 Å². The fraction of sp³-hybridized carbons (Fsp3) is 0.462. The second-order valence-corrected chi connectivity index (χ2v) is 4.02. The Morgan fingerprint density at radius 3 is 2.67 bits per heavy atom. The molecule has 0 aromatic heterocycles. The van der Waals surface area contributed by atoms with Gasteiger partial charge in [-0.05, 0) is 25.1 Å². The molecule has 0 unspecified atom stereocenters. The van der Waals surface area contributed by atoms with Gasteiger partial charge in [0.15, 0.2) is 0 Å². The highest BCUT2D eigenvalue weighted by Crippen LogP contribution is 2.27. The van der Waals surface area contributed by atoms with E-state index >= 15 is 0 Å². The van der Waals surface area contributed by atoms with E-state index in [2.05, 4.69) is 4.90 Å². The number of nitrogens with two attached hydrogens (primary N) is 2. The van der Waals surface area contributed by atoms with E-state index in [1.54, 1.807) is 7.11 Å². The minimum absolute atomic E-state index is 0.303. The van der Waals surface area contributed by atoms with Crippen LogP contribution in [0.1, 0.15) is 12.8 Å². The summed E-state index contributed by atoms with van der Waals surface area (Å²) in [7, 11) is 1.63. The summed E-state index contributed by atoms with van der Waals surface area (Å²) >= 11 is 0. The van der Waals surface area contributed by atoms with Gasteiger partial charge < -0.3 is 21.1 Å². The van der Waals surface area contributed by atoms with Crippen LogP contribution >= 0.6 is 0 Å². The topological polar surface area (TPSA) is 81.6 Å².